The molecule has 1 aliphatic rings. The van der Waals surface area contributed by atoms with Gasteiger partial charge < -0.3 is 4.90 Å². The third kappa shape index (κ3) is 4.00. The Morgan fingerprint density at radius 2 is 1.95 bits per heavy atom. The van der Waals surface area contributed by atoms with Crippen molar-refractivity contribution in [3.05, 3.63) is 35.4 Å². The van der Waals surface area contributed by atoms with Crippen molar-refractivity contribution < 1.29 is 18.0 Å². The Morgan fingerprint density at radius 1 is 1.32 bits per heavy atom. The Hall–Kier alpha value is -1.56. The molecule has 1 N–H and O–H groups in total. The van der Waals surface area contributed by atoms with Crippen molar-refractivity contribution in [2.75, 3.05) is 14.1 Å². The lowest BCUT2D eigenvalue weighted by atomic mass is 9.99. The van der Waals surface area contributed by atoms with E-state index in [0.717, 1.165) is 18.9 Å². The number of carbonyl (C=O) groups excluding carboxylic acids is 1. The van der Waals surface area contributed by atoms with Gasteiger partial charge in [-0.25, -0.2) is 0 Å². The minimum Gasteiger partial charge on any atom is -0.347 e. The first-order valence-electron chi connectivity index (χ1n) is 7.34. The van der Waals surface area contributed by atoms with Crippen LogP contribution >= 0.6 is 0 Å². The molecular weight excluding hydrogens is 293 g/mol. The number of hydrogen-bond acceptors (Lipinski definition) is 2. The lowest BCUT2D eigenvalue weighted by Crippen LogP contribution is -2.43. The van der Waals surface area contributed by atoms with Crippen LogP contribution in [0.15, 0.2) is 24.3 Å². The molecule has 0 bridgehead atoms. The second-order valence-electron chi connectivity index (χ2n) is 6.06. The molecule has 122 valence electrons. The van der Waals surface area contributed by atoms with E-state index < -0.39 is 17.8 Å². The molecule has 0 spiro atoms. The predicted molar refractivity (Wildman–Crippen MR) is 78.2 cm³/mol. The number of hydrogen-bond donors (Lipinski definition) is 1. The Labute approximate surface area is 128 Å². The molecule has 0 aromatic heterocycles. The van der Waals surface area contributed by atoms with Crippen LogP contribution in [0.1, 0.15) is 36.9 Å². The van der Waals surface area contributed by atoms with Crippen molar-refractivity contribution in [2.24, 2.45) is 5.92 Å². The summed E-state index contributed by atoms with van der Waals surface area (Å²) in [6, 6.07) is 4.72. The van der Waals surface area contributed by atoms with Crippen molar-refractivity contribution in [1.82, 2.24) is 10.2 Å². The summed E-state index contributed by atoms with van der Waals surface area (Å²) in [5.41, 5.74) is -0.0558. The smallest absolute Gasteiger partial charge is 0.347 e. The molecule has 1 amide bonds. The van der Waals surface area contributed by atoms with E-state index in [1.165, 1.54) is 17.0 Å². The first-order chi connectivity index (χ1) is 10.2. The number of benzene rings is 1. The third-order valence-electron chi connectivity index (χ3n) is 3.91. The number of nitrogens with one attached hydrogen (secondary N) is 1. The summed E-state index contributed by atoms with van der Waals surface area (Å²) in [6.45, 7) is 1.74. The maximum Gasteiger partial charge on any atom is 0.416 e. The summed E-state index contributed by atoms with van der Waals surface area (Å²) in [4.78, 5) is 13.4. The molecule has 2 atom stereocenters. The number of rotatable bonds is 5. The summed E-state index contributed by atoms with van der Waals surface area (Å²) in [6.07, 6.45) is -2.41. The summed E-state index contributed by atoms with van der Waals surface area (Å²) in [5.74, 6) is 0.207. The molecule has 0 heterocycles. The first-order valence-corrected chi connectivity index (χ1v) is 7.34. The van der Waals surface area contributed by atoms with Crippen LogP contribution in [-0.4, -0.2) is 30.9 Å². The molecule has 0 saturated heterocycles. The molecule has 1 fully saturated rings. The van der Waals surface area contributed by atoms with E-state index in [-0.39, 0.29) is 11.9 Å². The van der Waals surface area contributed by atoms with Gasteiger partial charge in [0, 0.05) is 20.1 Å². The van der Waals surface area contributed by atoms with Crippen molar-refractivity contribution in [2.45, 2.75) is 38.0 Å². The first kappa shape index (κ1) is 16.8. The van der Waals surface area contributed by atoms with E-state index in [4.69, 9.17) is 0 Å². The zero-order chi connectivity index (χ0) is 16.5. The van der Waals surface area contributed by atoms with Crippen molar-refractivity contribution >= 4 is 5.91 Å². The molecule has 0 radical (unpaired) electrons. The lowest BCUT2D eigenvalue weighted by molar-refractivity contribution is -0.137. The predicted octanol–water partition coefficient (Wildman–Crippen LogP) is 3.22. The molecule has 1 aromatic rings. The number of amides is 1. The Kier molecular flexibility index (Phi) is 4.80. The second kappa shape index (κ2) is 6.28. The monoisotopic (exact) mass is 314 g/mol. The average Bonchev–Trinajstić information content (AvgIpc) is 3.27. The Morgan fingerprint density at radius 3 is 2.45 bits per heavy atom. The number of carbonyl (C=O) groups is 1. The van der Waals surface area contributed by atoms with Gasteiger partial charge in [-0.05, 0) is 43.4 Å². The zero-order valence-corrected chi connectivity index (χ0v) is 12.9. The van der Waals surface area contributed by atoms with Gasteiger partial charge >= 0.3 is 6.18 Å². The summed E-state index contributed by atoms with van der Waals surface area (Å²) < 4.78 is 38.6. The normalized spacial score (nSPS) is 17.9. The molecule has 6 heteroatoms. The van der Waals surface area contributed by atoms with E-state index in [1.54, 1.807) is 27.1 Å². The average molecular weight is 314 g/mol. The highest BCUT2D eigenvalue weighted by molar-refractivity contribution is 5.81. The molecular formula is C16H21F3N2O. The van der Waals surface area contributed by atoms with Gasteiger partial charge in [0.05, 0.1) is 11.6 Å². The number of halogens is 3. The Bertz CT molecular complexity index is 538. The maximum absolute atomic E-state index is 12.9. The lowest BCUT2D eigenvalue weighted by Gasteiger charge is -2.25. The van der Waals surface area contributed by atoms with Gasteiger partial charge in [0.25, 0.3) is 0 Å². The summed E-state index contributed by atoms with van der Waals surface area (Å²) >= 11 is 0. The highest BCUT2D eigenvalue weighted by Gasteiger charge is 2.36. The van der Waals surface area contributed by atoms with Crippen molar-refractivity contribution in [3.8, 4) is 0 Å². The molecule has 0 aliphatic heterocycles. The Balaban J connectivity index is 2.20. The highest BCUT2D eigenvalue weighted by Crippen LogP contribution is 2.42. The van der Waals surface area contributed by atoms with E-state index in [9.17, 15) is 18.0 Å². The zero-order valence-electron chi connectivity index (χ0n) is 12.9. The fourth-order valence-corrected chi connectivity index (χ4v) is 2.57. The van der Waals surface area contributed by atoms with Crippen LogP contribution in [-0.2, 0) is 11.0 Å². The van der Waals surface area contributed by atoms with E-state index in [0.29, 0.717) is 11.5 Å². The fourth-order valence-electron chi connectivity index (χ4n) is 2.57. The minimum absolute atomic E-state index is 0.0855. The number of likely N-dealkylation sites (N-methyl/N-ethyl adjacent to an activating group) is 1. The molecule has 0 unspecified atom stereocenters. The van der Waals surface area contributed by atoms with Crippen LogP contribution in [0.5, 0.6) is 0 Å². The van der Waals surface area contributed by atoms with Crippen LogP contribution < -0.4 is 5.32 Å². The minimum atomic E-state index is -4.35. The SMILES string of the molecule is C[C@@H](N[C@@H](c1cccc(C(F)(F)F)c1)C1CC1)C(=O)N(C)C. The van der Waals surface area contributed by atoms with Crippen LogP contribution in [0.25, 0.3) is 0 Å². The molecule has 1 saturated carbocycles. The topological polar surface area (TPSA) is 32.3 Å². The fraction of sp³-hybridized carbons (Fsp3) is 0.562. The standard InChI is InChI=1S/C16H21F3N2O/c1-10(15(22)21(2)3)20-14(11-7-8-11)12-5-4-6-13(9-12)16(17,18)19/h4-6,9-11,14,20H,7-8H2,1-3H3/t10-,14-/m1/s1. The van der Waals surface area contributed by atoms with Gasteiger partial charge in [0.15, 0.2) is 0 Å². The second-order valence-corrected chi connectivity index (χ2v) is 6.06. The van der Waals surface area contributed by atoms with Gasteiger partial charge in [-0.2, -0.15) is 13.2 Å². The van der Waals surface area contributed by atoms with Crippen LogP contribution in [0.4, 0.5) is 13.2 Å². The van der Waals surface area contributed by atoms with Gasteiger partial charge in [0.1, 0.15) is 0 Å². The number of nitrogens with zero attached hydrogens (tertiary/aromatic N) is 1. The molecule has 1 aromatic carbocycles. The molecule has 3 nitrogen and oxygen atoms in total. The maximum atomic E-state index is 12.9. The van der Waals surface area contributed by atoms with Crippen molar-refractivity contribution in [3.63, 3.8) is 0 Å². The molecule has 2 rings (SSSR count). The van der Waals surface area contributed by atoms with Crippen LogP contribution in [0.2, 0.25) is 0 Å². The summed E-state index contributed by atoms with van der Waals surface area (Å²) in [5, 5.41) is 3.20. The molecule has 1 aliphatic carbocycles. The van der Waals surface area contributed by atoms with E-state index in [1.807, 2.05) is 0 Å². The van der Waals surface area contributed by atoms with Crippen LogP contribution in [0.3, 0.4) is 0 Å². The van der Waals surface area contributed by atoms with E-state index in [2.05, 4.69) is 5.32 Å². The van der Waals surface area contributed by atoms with Crippen LogP contribution in [0, 0.1) is 5.92 Å². The van der Waals surface area contributed by atoms with Gasteiger partial charge in [-0.15, -0.1) is 0 Å². The third-order valence-corrected chi connectivity index (χ3v) is 3.91. The largest absolute Gasteiger partial charge is 0.416 e. The van der Waals surface area contributed by atoms with Gasteiger partial charge in [0.2, 0.25) is 5.91 Å². The highest BCUT2D eigenvalue weighted by atomic mass is 19.4. The van der Waals surface area contributed by atoms with E-state index >= 15 is 0 Å². The quantitative estimate of drug-likeness (QED) is 0.905. The number of alkyl halides is 3. The van der Waals surface area contributed by atoms with Gasteiger partial charge in [-0.3, -0.25) is 10.1 Å². The van der Waals surface area contributed by atoms with Crippen molar-refractivity contribution in [1.29, 1.82) is 0 Å². The molecule has 22 heavy (non-hydrogen) atoms. The van der Waals surface area contributed by atoms with Gasteiger partial charge in [-0.1, -0.05) is 12.1 Å². The summed E-state index contributed by atoms with van der Waals surface area (Å²) in [7, 11) is 3.33.